The second-order valence-electron chi connectivity index (χ2n) is 3.91. The Hall–Kier alpha value is -0.180. The smallest absolute Gasteiger partial charge is 0.235 e. The van der Waals surface area contributed by atoms with Gasteiger partial charge in [0.1, 0.15) is 0 Å². The van der Waals surface area contributed by atoms with Crippen LogP contribution in [0.1, 0.15) is 27.2 Å². The first-order chi connectivity index (χ1) is 6.15. The number of carbonyl (C=O) groups excluding carboxylic acids is 1. The lowest BCUT2D eigenvalue weighted by Crippen LogP contribution is -2.31. The van der Waals surface area contributed by atoms with Crippen molar-refractivity contribution in [2.45, 2.75) is 32.4 Å². The van der Waals surface area contributed by atoms with Crippen molar-refractivity contribution < 1.29 is 4.79 Å². The number of rotatable bonds is 4. The zero-order valence-corrected chi connectivity index (χ0v) is 9.56. The minimum atomic E-state index is 0.253. The summed E-state index contributed by atoms with van der Waals surface area (Å²) in [5.74, 6) is 2.00. The van der Waals surface area contributed by atoms with Gasteiger partial charge in [0.25, 0.3) is 0 Å². The van der Waals surface area contributed by atoms with Crippen molar-refractivity contribution in [3.05, 3.63) is 0 Å². The van der Waals surface area contributed by atoms with Crippen molar-refractivity contribution in [2.24, 2.45) is 5.92 Å². The predicted molar refractivity (Wildman–Crippen MR) is 58.0 cm³/mol. The summed E-state index contributed by atoms with van der Waals surface area (Å²) in [5.41, 5.74) is 0. The Balaban J connectivity index is 2.40. The number of nitrogens with zero attached hydrogens (tertiary/aromatic N) is 1. The van der Waals surface area contributed by atoms with E-state index >= 15 is 0 Å². The molecule has 0 aromatic rings. The maximum Gasteiger partial charge on any atom is 0.235 e. The lowest BCUT2D eigenvalue weighted by atomic mass is 10.2. The van der Waals surface area contributed by atoms with E-state index in [1.165, 1.54) is 0 Å². The van der Waals surface area contributed by atoms with Crippen LogP contribution < -0.4 is 0 Å². The molecule has 1 amide bonds. The molecule has 1 rings (SSSR count). The number of hydrogen-bond donors (Lipinski definition) is 0. The molecule has 2 nitrogen and oxygen atoms in total. The van der Waals surface area contributed by atoms with Crippen LogP contribution in [0.5, 0.6) is 0 Å². The maximum atomic E-state index is 11.7. The van der Waals surface area contributed by atoms with Gasteiger partial charge in [0, 0.05) is 13.1 Å². The quantitative estimate of drug-likeness (QED) is 0.693. The van der Waals surface area contributed by atoms with Crippen LogP contribution in [-0.2, 0) is 4.79 Å². The van der Waals surface area contributed by atoms with E-state index in [1.807, 2.05) is 4.90 Å². The van der Waals surface area contributed by atoms with Crippen LogP contribution in [-0.4, -0.2) is 34.9 Å². The lowest BCUT2D eigenvalue weighted by molar-refractivity contribution is -0.127. The van der Waals surface area contributed by atoms with Gasteiger partial charge in [-0.15, -0.1) is 11.8 Å². The van der Waals surface area contributed by atoms with E-state index < -0.39 is 0 Å². The van der Waals surface area contributed by atoms with E-state index in [4.69, 9.17) is 0 Å². The molecule has 1 saturated heterocycles. The molecule has 1 heterocycles. The molecule has 1 unspecified atom stereocenters. The van der Waals surface area contributed by atoms with E-state index in [1.54, 1.807) is 11.8 Å². The van der Waals surface area contributed by atoms with E-state index in [0.29, 0.717) is 11.8 Å². The molecule has 1 aliphatic rings. The summed E-state index contributed by atoms with van der Waals surface area (Å²) in [6.07, 6.45) is 1.05. The van der Waals surface area contributed by atoms with Crippen molar-refractivity contribution in [2.75, 3.05) is 18.8 Å². The Morgan fingerprint density at radius 2 is 2.31 bits per heavy atom. The Bertz CT molecular complexity index is 182. The highest BCUT2D eigenvalue weighted by Crippen LogP contribution is 2.24. The Morgan fingerprint density at radius 1 is 1.62 bits per heavy atom. The molecule has 0 aliphatic carbocycles. The van der Waals surface area contributed by atoms with Crippen molar-refractivity contribution in [1.29, 1.82) is 0 Å². The average molecular weight is 201 g/mol. The normalized spacial score (nSPS) is 23.2. The van der Waals surface area contributed by atoms with Crippen molar-refractivity contribution in [3.63, 3.8) is 0 Å². The van der Waals surface area contributed by atoms with Gasteiger partial charge in [-0.05, 0) is 18.1 Å². The molecule has 13 heavy (non-hydrogen) atoms. The van der Waals surface area contributed by atoms with Crippen LogP contribution in [0, 0.1) is 5.92 Å². The number of likely N-dealkylation sites (tertiary alicyclic amines) is 1. The topological polar surface area (TPSA) is 20.3 Å². The molecule has 0 aromatic carbocycles. The van der Waals surface area contributed by atoms with Crippen LogP contribution in [0.4, 0.5) is 0 Å². The van der Waals surface area contributed by atoms with Gasteiger partial charge in [-0.3, -0.25) is 4.79 Å². The van der Waals surface area contributed by atoms with Crippen LogP contribution in [0.15, 0.2) is 0 Å². The molecule has 0 spiro atoms. The summed E-state index contributed by atoms with van der Waals surface area (Å²) >= 11 is 1.79. The van der Waals surface area contributed by atoms with E-state index in [2.05, 4.69) is 20.8 Å². The number of amides is 1. The van der Waals surface area contributed by atoms with Gasteiger partial charge in [0.15, 0.2) is 0 Å². The second kappa shape index (κ2) is 4.89. The Labute approximate surface area is 85.1 Å². The predicted octanol–water partition coefficient (Wildman–Crippen LogP) is 2.00. The fourth-order valence-corrected chi connectivity index (χ4v) is 2.65. The number of thioether (sulfide) groups is 1. The first-order valence-electron chi connectivity index (χ1n) is 5.05. The van der Waals surface area contributed by atoms with Gasteiger partial charge in [-0.2, -0.15) is 0 Å². The number of carbonyl (C=O) groups is 1. The van der Waals surface area contributed by atoms with Gasteiger partial charge in [0.2, 0.25) is 5.91 Å². The maximum absolute atomic E-state index is 11.7. The van der Waals surface area contributed by atoms with Crippen LogP contribution in [0.2, 0.25) is 0 Å². The molecule has 1 aliphatic heterocycles. The van der Waals surface area contributed by atoms with Crippen molar-refractivity contribution in [1.82, 2.24) is 4.90 Å². The van der Waals surface area contributed by atoms with Crippen LogP contribution in [0.25, 0.3) is 0 Å². The summed E-state index contributed by atoms with van der Waals surface area (Å²) in [5, 5.41) is 0.253. The van der Waals surface area contributed by atoms with Gasteiger partial charge in [0.05, 0.1) is 5.25 Å². The Morgan fingerprint density at radius 3 is 2.85 bits per heavy atom. The third-order valence-electron chi connectivity index (χ3n) is 2.20. The molecule has 0 aromatic heterocycles. The van der Waals surface area contributed by atoms with Gasteiger partial charge in [-0.25, -0.2) is 0 Å². The molecule has 1 fully saturated rings. The molecule has 0 bridgehead atoms. The zero-order valence-electron chi connectivity index (χ0n) is 8.75. The van der Waals surface area contributed by atoms with Crippen LogP contribution >= 0.6 is 11.8 Å². The lowest BCUT2D eigenvalue weighted by Gasteiger charge is -2.18. The first-order valence-corrected chi connectivity index (χ1v) is 6.10. The molecule has 3 heteroatoms. The second-order valence-corrected chi connectivity index (χ2v) is 5.39. The number of hydrogen-bond acceptors (Lipinski definition) is 2. The molecular formula is C10H19NOS. The highest BCUT2D eigenvalue weighted by Gasteiger charge is 2.31. The van der Waals surface area contributed by atoms with Crippen molar-refractivity contribution >= 4 is 17.7 Å². The third kappa shape index (κ3) is 2.90. The van der Waals surface area contributed by atoms with Crippen molar-refractivity contribution in [3.8, 4) is 0 Å². The largest absolute Gasteiger partial charge is 0.341 e. The first kappa shape index (κ1) is 10.9. The summed E-state index contributed by atoms with van der Waals surface area (Å²) in [6.45, 7) is 8.33. The third-order valence-corrected chi connectivity index (χ3v) is 3.37. The van der Waals surface area contributed by atoms with E-state index in [0.717, 1.165) is 25.3 Å². The fourth-order valence-electron chi connectivity index (χ4n) is 1.69. The van der Waals surface area contributed by atoms with Crippen LogP contribution in [0.3, 0.4) is 0 Å². The molecule has 0 saturated carbocycles. The summed E-state index contributed by atoms with van der Waals surface area (Å²) in [4.78, 5) is 13.7. The highest BCUT2D eigenvalue weighted by atomic mass is 32.2. The molecular weight excluding hydrogens is 182 g/mol. The summed E-state index contributed by atoms with van der Waals surface area (Å²) in [6, 6.07) is 0. The molecule has 0 N–H and O–H groups in total. The standard InChI is InChI=1S/C10H19NOS/c1-4-13-9-5-6-11(10(9)12)7-8(2)3/h8-9H,4-7H2,1-3H3. The van der Waals surface area contributed by atoms with E-state index in [9.17, 15) is 4.79 Å². The van der Waals surface area contributed by atoms with E-state index in [-0.39, 0.29) is 5.25 Å². The summed E-state index contributed by atoms with van der Waals surface area (Å²) in [7, 11) is 0. The summed E-state index contributed by atoms with van der Waals surface area (Å²) < 4.78 is 0. The van der Waals surface area contributed by atoms with Gasteiger partial charge in [-0.1, -0.05) is 20.8 Å². The SMILES string of the molecule is CCSC1CCN(CC(C)C)C1=O. The van der Waals surface area contributed by atoms with Gasteiger partial charge < -0.3 is 4.90 Å². The highest BCUT2D eigenvalue weighted by molar-refractivity contribution is 8.00. The Kier molecular flexibility index (Phi) is 4.10. The minimum absolute atomic E-state index is 0.253. The van der Waals surface area contributed by atoms with Gasteiger partial charge >= 0.3 is 0 Å². The monoisotopic (exact) mass is 201 g/mol. The molecule has 0 radical (unpaired) electrons. The average Bonchev–Trinajstić information content (AvgIpc) is 2.36. The zero-order chi connectivity index (χ0) is 9.84. The fraction of sp³-hybridized carbons (Fsp3) is 0.900. The molecule has 1 atom stereocenters. The molecule has 76 valence electrons. The minimum Gasteiger partial charge on any atom is -0.341 e.